The van der Waals surface area contributed by atoms with Gasteiger partial charge in [0, 0.05) is 11.4 Å². The highest BCUT2D eigenvalue weighted by atomic mass is 35.5. The molecule has 0 bridgehead atoms. The van der Waals surface area contributed by atoms with Crippen LogP contribution in [0.4, 0.5) is 5.69 Å². The normalized spacial score (nSPS) is 17.6. The fourth-order valence-corrected chi connectivity index (χ4v) is 3.51. The highest BCUT2D eigenvalue weighted by Gasteiger charge is 2.40. The van der Waals surface area contributed by atoms with Crippen molar-refractivity contribution < 1.29 is 14.3 Å². The largest absolute Gasteiger partial charge is 0.497 e. The minimum atomic E-state index is -0.635. The predicted molar refractivity (Wildman–Crippen MR) is 112 cm³/mol. The molecule has 0 aliphatic carbocycles. The van der Waals surface area contributed by atoms with Gasteiger partial charge in [0.2, 0.25) is 11.8 Å². The number of amides is 2. The van der Waals surface area contributed by atoms with E-state index < -0.39 is 5.25 Å². The maximum Gasteiger partial charge on any atom is 0.247 e. The number of rotatable bonds is 5. The minimum Gasteiger partial charge on any atom is -0.497 e. The third kappa shape index (κ3) is 4.71. The van der Waals surface area contributed by atoms with E-state index in [9.17, 15) is 9.59 Å². The molecule has 1 heterocycles. The van der Waals surface area contributed by atoms with Crippen molar-refractivity contribution in [2.24, 2.45) is 15.9 Å². The Morgan fingerprint density at radius 2 is 1.89 bits per heavy atom. The zero-order valence-corrected chi connectivity index (χ0v) is 16.5. The van der Waals surface area contributed by atoms with Gasteiger partial charge in [-0.1, -0.05) is 35.5 Å². The van der Waals surface area contributed by atoms with Gasteiger partial charge in [0.05, 0.1) is 19.0 Å². The maximum atomic E-state index is 12.6. The van der Waals surface area contributed by atoms with Crippen LogP contribution in [0.2, 0.25) is 5.02 Å². The molecule has 0 saturated carbocycles. The number of carbonyl (C=O) groups is 2. The van der Waals surface area contributed by atoms with E-state index in [1.165, 1.54) is 6.21 Å². The first-order valence-corrected chi connectivity index (χ1v) is 9.53. The standard InChI is InChI=1S/C19H17ClN4O3S/c1-27-15-8-6-14(7-9-15)24-17(25)10-16(18(24)26)28-19(21)23-22-11-12-2-4-13(20)5-3-12/h2-9,11,16H,10H2,1H3,(H2,21,23)/b22-11-/t16-/m1/s1. The number of amidine groups is 1. The van der Waals surface area contributed by atoms with Gasteiger partial charge in [0.25, 0.3) is 0 Å². The van der Waals surface area contributed by atoms with Crippen LogP contribution in [0.3, 0.4) is 0 Å². The molecule has 2 N–H and O–H groups in total. The predicted octanol–water partition coefficient (Wildman–Crippen LogP) is 3.06. The van der Waals surface area contributed by atoms with Crippen LogP contribution >= 0.6 is 23.4 Å². The molecule has 0 unspecified atom stereocenters. The Bertz CT molecular complexity index is 929. The summed E-state index contributed by atoms with van der Waals surface area (Å²) in [6.07, 6.45) is 1.57. The second-order valence-electron chi connectivity index (χ2n) is 5.81. The highest BCUT2D eigenvalue weighted by molar-refractivity contribution is 8.14. The summed E-state index contributed by atoms with van der Waals surface area (Å²) in [5.41, 5.74) is 7.16. The highest BCUT2D eigenvalue weighted by Crippen LogP contribution is 2.30. The van der Waals surface area contributed by atoms with E-state index in [-0.39, 0.29) is 23.4 Å². The zero-order valence-electron chi connectivity index (χ0n) is 14.9. The van der Waals surface area contributed by atoms with Gasteiger partial charge < -0.3 is 10.5 Å². The molecule has 0 spiro atoms. The van der Waals surface area contributed by atoms with Crippen LogP contribution in [0.5, 0.6) is 5.75 Å². The average molecular weight is 417 g/mol. The molecule has 7 nitrogen and oxygen atoms in total. The second-order valence-corrected chi connectivity index (χ2v) is 7.47. The first-order chi connectivity index (χ1) is 13.5. The maximum absolute atomic E-state index is 12.6. The minimum absolute atomic E-state index is 0.0483. The molecular weight excluding hydrogens is 400 g/mol. The Morgan fingerprint density at radius 1 is 1.21 bits per heavy atom. The summed E-state index contributed by atoms with van der Waals surface area (Å²) >= 11 is 6.84. The molecular formula is C19H17ClN4O3S. The number of anilines is 1. The van der Waals surface area contributed by atoms with Crippen molar-refractivity contribution in [3.63, 3.8) is 0 Å². The van der Waals surface area contributed by atoms with Crippen molar-refractivity contribution in [2.45, 2.75) is 11.7 Å². The lowest BCUT2D eigenvalue weighted by Crippen LogP contribution is -2.31. The number of thioether (sulfide) groups is 1. The van der Waals surface area contributed by atoms with Gasteiger partial charge in [0.1, 0.15) is 11.0 Å². The Balaban J connectivity index is 1.64. The first kappa shape index (κ1) is 19.9. The van der Waals surface area contributed by atoms with Gasteiger partial charge in [-0.25, -0.2) is 4.90 Å². The lowest BCUT2D eigenvalue weighted by Gasteiger charge is -2.15. The fourth-order valence-electron chi connectivity index (χ4n) is 2.57. The number of hydrogen-bond acceptors (Lipinski definition) is 6. The monoisotopic (exact) mass is 416 g/mol. The fraction of sp³-hybridized carbons (Fsp3) is 0.158. The number of methoxy groups -OCH3 is 1. The topological polar surface area (TPSA) is 97.3 Å². The Hall–Kier alpha value is -2.84. The lowest BCUT2D eigenvalue weighted by molar-refractivity contribution is -0.121. The summed E-state index contributed by atoms with van der Waals surface area (Å²) in [6.45, 7) is 0. The van der Waals surface area contributed by atoms with Gasteiger partial charge in [-0.15, -0.1) is 5.10 Å². The van der Waals surface area contributed by atoms with Crippen LogP contribution in [0, 0.1) is 0 Å². The number of nitrogens with zero attached hydrogens (tertiary/aromatic N) is 3. The van der Waals surface area contributed by atoms with E-state index in [1.807, 2.05) is 0 Å². The number of imide groups is 1. The first-order valence-electron chi connectivity index (χ1n) is 8.27. The third-order valence-electron chi connectivity index (χ3n) is 3.93. The number of benzene rings is 2. The van der Waals surface area contributed by atoms with Crippen LogP contribution in [-0.2, 0) is 9.59 Å². The van der Waals surface area contributed by atoms with Crippen molar-refractivity contribution in [2.75, 3.05) is 12.0 Å². The van der Waals surface area contributed by atoms with Crippen molar-refractivity contribution in [3.05, 3.63) is 59.1 Å². The summed E-state index contributed by atoms with van der Waals surface area (Å²) in [7, 11) is 1.55. The molecule has 0 radical (unpaired) electrons. The number of hydrogen-bond donors (Lipinski definition) is 1. The van der Waals surface area contributed by atoms with Crippen molar-refractivity contribution in [1.29, 1.82) is 0 Å². The van der Waals surface area contributed by atoms with Crippen LogP contribution in [-0.4, -0.2) is 35.6 Å². The smallest absolute Gasteiger partial charge is 0.247 e. The third-order valence-corrected chi connectivity index (χ3v) is 5.16. The summed E-state index contributed by atoms with van der Waals surface area (Å²) < 4.78 is 5.09. The average Bonchev–Trinajstić information content (AvgIpc) is 2.96. The molecule has 1 fully saturated rings. The Kier molecular flexibility index (Phi) is 6.33. The summed E-state index contributed by atoms with van der Waals surface area (Å²) in [4.78, 5) is 26.1. The molecule has 0 aromatic heterocycles. The zero-order chi connectivity index (χ0) is 20.1. The van der Waals surface area contributed by atoms with E-state index in [0.29, 0.717) is 16.5 Å². The van der Waals surface area contributed by atoms with Crippen molar-refractivity contribution >= 4 is 52.2 Å². The van der Waals surface area contributed by atoms with Crippen molar-refractivity contribution in [3.8, 4) is 5.75 Å². The second kappa shape index (κ2) is 8.90. The number of halogens is 1. The molecule has 1 aliphatic rings. The van der Waals surface area contributed by atoms with E-state index in [2.05, 4.69) is 10.2 Å². The number of nitrogens with two attached hydrogens (primary N) is 1. The van der Waals surface area contributed by atoms with Crippen LogP contribution in [0.25, 0.3) is 0 Å². The Morgan fingerprint density at radius 3 is 2.54 bits per heavy atom. The van der Waals surface area contributed by atoms with Crippen LogP contribution in [0.15, 0.2) is 58.7 Å². The van der Waals surface area contributed by atoms with E-state index in [4.69, 9.17) is 22.1 Å². The molecule has 2 amide bonds. The van der Waals surface area contributed by atoms with E-state index in [0.717, 1.165) is 22.2 Å². The van der Waals surface area contributed by atoms with Gasteiger partial charge in [-0.3, -0.25) is 9.59 Å². The summed E-state index contributed by atoms with van der Waals surface area (Å²) in [5, 5.41) is 7.88. The van der Waals surface area contributed by atoms with Crippen LogP contribution in [0.1, 0.15) is 12.0 Å². The lowest BCUT2D eigenvalue weighted by atomic mass is 10.2. The molecule has 3 rings (SSSR count). The Labute approximate surface area is 171 Å². The molecule has 1 saturated heterocycles. The molecule has 1 atom stereocenters. The number of carbonyl (C=O) groups excluding carboxylic acids is 2. The van der Waals surface area contributed by atoms with Gasteiger partial charge in [-0.2, -0.15) is 5.10 Å². The SMILES string of the molecule is COc1ccc(N2C(=O)C[C@@H](SC(N)=N/N=C\c3ccc(Cl)cc3)C2=O)cc1. The molecule has 1 aliphatic heterocycles. The van der Waals surface area contributed by atoms with Gasteiger partial charge in [0.15, 0.2) is 5.17 Å². The van der Waals surface area contributed by atoms with Gasteiger partial charge >= 0.3 is 0 Å². The molecule has 144 valence electrons. The van der Waals surface area contributed by atoms with Gasteiger partial charge in [-0.05, 0) is 42.0 Å². The molecule has 28 heavy (non-hydrogen) atoms. The van der Waals surface area contributed by atoms with E-state index >= 15 is 0 Å². The van der Waals surface area contributed by atoms with Crippen LogP contribution < -0.4 is 15.4 Å². The molecule has 2 aromatic carbocycles. The molecule has 9 heteroatoms. The summed E-state index contributed by atoms with van der Waals surface area (Å²) in [6, 6.07) is 13.8. The number of ether oxygens (including phenoxy) is 1. The summed E-state index contributed by atoms with van der Waals surface area (Å²) in [5.74, 6) is 0.0221. The molecule has 2 aromatic rings. The van der Waals surface area contributed by atoms with E-state index in [1.54, 1.807) is 55.6 Å². The quantitative estimate of drug-likeness (QED) is 0.349. The van der Waals surface area contributed by atoms with Crippen molar-refractivity contribution in [1.82, 2.24) is 0 Å².